The molecule has 0 aliphatic heterocycles. The van der Waals surface area contributed by atoms with Gasteiger partial charge in [0.15, 0.2) is 0 Å². The smallest absolute Gasteiger partial charge is 0.0195 e. The highest BCUT2D eigenvalue weighted by atomic mass is 15.2. The highest BCUT2D eigenvalue weighted by Gasteiger charge is 2.15. The lowest BCUT2D eigenvalue weighted by atomic mass is 10.1. The van der Waals surface area contributed by atoms with E-state index in [9.17, 15) is 0 Å². The zero-order chi connectivity index (χ0) is 14.0. The largest absolute Gasteiger partial charge is 0.315 e. The Hall–Kier alpha value is -0.0800. The third kappa shape index (κ3) is 8.93. The highest BCUT2D eigenvalue weighted by molar-refractivity contribution is 4.73. The summed E-state index contributed by atoms with van der Waals surface area (Å²) in [5.41, 5.74) is 0. The lowest BCUT2D eigenvalue weighted by Crippen LogP contribution is -2.45. The van der Waals surface area contributed by atoms with E-state index in [1.807, 2.05) is 0 Å². The van der Waals surface area contributed by atoms with Crippen molar-refractivity contribution in [1.82, 2.24) is 10.2 Å². The maximum atomic E-state index is 3.60. The van der Waals surface area contributed by atoms with Gasteiger partial charge in [0.25, 0.3) is 0 Å². The monoisotopic (exact) mass is 256 g/mol. The molecule has 0 aromatic carbocycles. The van der Waals surface area contributed by atoms with E-state index in [0.29, 0.717) is 12.1 Å². The Bertz CT molecular complexity index is 178. The second kappa shape index (κ2) is 10.8. The van der Waals surface area contributed by atoms with Crippen molar-refractivity contribution >= 4 is 0 Å². The Morgan fingerprint density at radius 1 is 1.00 bits per heavy atom. The van der Waals surface area contributed by atoms with Gasteiger partial charge >= 0.3 is 0 Å². The van der Waals surface area contributed by atoms with Crippen molar-refractivity contribution in [3.8, 4) is 0 Å². The maximum absolute atomic E-state index is 3.60. The van der Waals surface area contributed by atoms with Crippen LogP contribution in [0, 0.1) is 5.92 Å². The lowest BCUT2D eigenvalue weighted by Gasteiger charge is -2.33. The van der Waals surface area contributed by atoms with Crippen LogP contribution in [-0.4, -0.2) is 36.6 Å². The molecule has 0 heterocycles. The van der Waals surface area contributed by atoms with Gasteiger partial charge in [-0.1, -0.05) is 33.6 Å². The molecule has 0 saturated heterocycles. The summed E-state index contributed by atoms with van der Waals surface area (Å²) in [6, 6.07) is 1.30. The van der Waals surface area contributed by atoms with Crippen molar-refractivity contribution in [2.45, 2.75) is 79.3 Å². The lowest BCUT2D eigenvalue weighted by molar-refractivity contribution is 0.157. The fourth-order valence-corrected chi connectivity index (χ4v) is 2.35. The van der Waals surface area contributed by atoms with E-state index in [0.717, 1.165) is 19.0 Å². The van der Waals surface area contributed by atoms with Crippen molar-refractivity contribution in [2.24, 2.45) is 5.92 Å². The van der Waals surface area contributed by atoms with E-state index >= 15 is 0 Å². The molecule has 18 heavy (non-hydrogen) atoms. The van der Waals surface area contributed by atoms with E-state index < -0.39 is 0 Å². The van der Waals surface area contributed by atoms with E-state index in [1.54, 1.807) is 0 Å². The number of hydrogen-bond acceptors (Lipinski definition) is 2. The first-order chi connectivity index (χ1) is 8.49. The Morgan fingerprint density at radius 3 is 2.17 bits per heavy atom. The van der Waals surface area contributed by atoms with E-state index in [-0.39, 0.29) is 0 Å². The number of unbranched alkanes of at least 4 members (excludes halogenated alkanes) is 2. The van der Waals surface area contributed by atoms with E-state index in [2.05, 4.69) is 51.8 Å². The first-order valence-corrected chi connectivity index (χ1v) is 7.95. The molecular weight excluding hydrogens is 220 g/mol. The van der Waals surface area contributed by atoms with Crippen molar-refractivity contribution in [3.63, 3.8) is 0 Å². The van der Waals surface area contributed by atoms with Gasteiger partial charge in [-0.05, 0) is 52.6 Å². The van der Waals surface area contributed by atoms with Crippen LogP contribution >= 0.6 is 0 Å². The van der Waals surface area contributed by atoms with Crippen molar-refractivity contribution in [3.05, 3.63) is 0 Å². The third-order valence-corrected chi connectivity index (χ3v) is 3.59. The van der Waals surface area contributed by atoms with Crippen LogP contribution in [-0.2, 0) is 0 Å². The number of hydrogen-bond donors (Lipinski definition) is 1. The van der Waals surface area contributed by atoms with Crippen molar-refractivity contribution in [1.29, 1.82) is 0 Å². The minimum atomic E-state index is 0.647. The van der Waals surface area contributed by atoms with E-state index in [1.165, 1.54) is 32.2 Å². The summed E-state index contributed by atoms with van der Waals surface area (Å²) in [6.07, 6.45) is 5.29. The second-order valence-corrected chi connectivity index (χ2v) is 6.27. The summed E-state index contributed by atoms with van der Waals surface area (Å²) in [5.74, 6) is 0.804. The summed E-state index contributed by atoms with van der Waals surface area (Å²) < 4.78 is 0. The van der Waals surface area contributed by atoms with Gasteiger partial charge in [0.2, 0.25) is 0 Å². The minimum absolute atomic E-state index is 0.647. The zero-order valence-corrected chi connectivity index (χ0v) is 13.6. The predicted octanol–water partition coefficient (Wildman–Crippen LogP) is 3.91. The van der Waals surface area contributed by atoms with Crippen LogP contribution in [0.3, 0.4) is 0 Å². The molecule has 1 N–H and O–H groups in total. The average Bonchev–Trinajstić information content (AvgIpc) is 2.29. The Labute approximate surface area is 116 Å². The Morgan fingerprint density at radius 2 is 1.67 bits per heavy atom. The molecule has 2 heteroatoms. The maximum Gasteiger partial charge on any atom is 0.0195 e. The fourth-order valence-electron chi connectivity index (χ4n) is 2.35. The van der Waals surface area contributed by atoms with Crippen LogP contribution in [0.25, 0.3) is 0 Å². The van der Waals surface area contributed by atoms with Crippen molar-refractivity contribution in [2.75, 3.05) is 19.6 Å². The molecule has 1 atom stereocenters. The second-order valence-electron chi connectivity index (χ2n) is 6.27. The molecule has 0 aromatic rings. The normalized spacial score (nSPS) is 13.8. The van der Waals surface area contributed by atoms with Crippen molar-refractivity contribution < 1.29 is 0 Å². The molecule has 0 amide bonds. The molecule has 0 bridgehead atoms. The summed E-state index contributed by atoms with van der Waals surface area (Å²) in [5, 5.41) is 3.60. The van der Waals surface area contributed by atoms with E-state index in [4.69, 9.17) is 0 Å². The molecule has 110 valence electrons. The SMILES string of the molecule is CCCCCN(C(C)C)C(C)CNCCC(C)C. The number of nitrogens with one attached hydrogen (secondary N) is 1. The summed E-state index contributed by atoms with van der Waals surface area (Å²) >= 11 is 0. The average molecular weight is 256 g/mol. The van der Waals surface area contributed by atoms with Gasteiger partial charge in [0.1, 0.15) is 0 Å². The first-order valence-electron chi connectivity index (χ1n) is 7.95. The predicted molar refractivity (Wildman–Crippen MR) is 83.2 cm³/mol. The summed E-state index contributed by atoms with van der Waals surface area (Å²) in [6.45, 7) is 17.4. The molecule has 2 nitrogen and oxygen atoms in total. The summed E-state index contributed by atoms with van der Waals surface area (Å²) in [7, 11) is 0. The first kappa shape index (κ1) is 17.9. The Balaban J connectivity index is 3.87. The molecule has 0 rings (SSSR count). The standard InChI is InChI=1S/C16H36N2/c1-7-8-9-12-18(15(4)5)16(6)13-17-11-10-14(2)3/h14-17H,7-13H2,1-6H3. The van der Waals surface area contributed by atoms with Gasteiger partial charge in [0.05, 0.1) is 0 Å². The third-order valence-electron chi connectivity index (χ3n) is 3.59. The van der Waals surface area contributed by atoms with Crippen LogP contribution in [0.4, 0.5) is 0 Å². The van der Waals surface area contributed by atoms with Gasteiger partial charge in [0, 0.05) is 18.6 Å². The van der Waals surface area contributed by atoms with Crippen LogP contribution in [0.1, 0.15) is 67.2 Å². The van der Waals surface area contributed by atoms with Crippen LogP contribution in [0.2, 0.25) is 0 Å². The summed E-state index contributed by atoms with van der Waals surface area (Å²) in [4.78, 5) is 2.64. The molecule has 1 unspecified atom stereocenters. The van der Waals surface area contributed by atoms with Gasteiger partial charge in [-0.15, -0.1) is 0 Å². The topological polar surface area (TPSA) is 15.3 Å². The van der Waals surface area contributed by atoms with Gasteiger partial charge in [-0.3, -0.25) is 4.90 Å². The van der Waals surface area contributed by atoms with Crippen LogP contribution in [0.15, 0.2) is 0 Å². The molecule has 0 aliphatic carbocycles. The Kier molecular flexibility index (Phi) is 10.8. The molecule has 0 aliphatic rings. The quantitative estimate of drug-likeness (QED) is 0.564. The van der Waals surface area contributed by atoms with Gasteiger partial charge < -0.3 is 5.32 Å². The molecule has 0 spiro atoms. The fraction of sp³-hybridized carbons (Fsp3) is 1.00. The molecule has 0 radical (unpaired) electrons. The number of nitrogens with zero attached hydrogens (tertiary/aromatic N) is 1. The minimum Gasteiger partial charge on any atom is -0.315 e. The highest BCUT2D eigenvalue weighted by Crippen LogP contribution is 2.08. The number of rotatable bonds is 11. The molecular formula is C16H36N2. The molecule has 0 fully saturated rings. The van der Waals surface area contributed by atoms with Gasteiger partial charge in [-0.2, -0.15) is 0 Å². The van der Waals surface area contributed by atoms with Crippen LogP contribution < -0.4 is 5.32 Å². The molecule has 0 saturated carbocycles. The van der Waals surface area contributed by atoms with Crippen LogP contribution in [0.5, 0.6) is 0 Å². The van der Waals surface area contributed by atoms with Gasteiger partial charge in [-0.25, -0.2) is 0 Å². The molecule has 0 aromatic heterocycles. The zero-order valence-electron chi connectivity index (χ0n) is 13.6.